The Labute approximate surface area is 87.5 Å². The summed E-state index contributed by atoms with van der Waals surface area (Å²) in [6, 6.07) is 1.78. The van der Waals surface area contributed by atoms with E-state index in [0.717, 1.165) is 11.4 Å². The minimum absolute atomic E-state index is 0.0354. The van der Waals surface area contributed by atoms with Gasteiger partial charge < -0.3 is 8.98 Å². The maximum Gasteiger partial charge on any atom is 0.205 e. The van der Waals surface area contributed by atoms with Gasteiger partial charge in [0.05, 0.1) is 12.7 Å². The van der Waals surface area contributed by atoms with Crippen LogP contribution in [0.3, 0.4) is 0 Å². The summed E-state index contributed by atoms with van der Waals surface area (Å²) in [6.07, 6.45) is 5.30. The normalized spacial score (nSPS) is 10.5. The molecule has 4 heteroatoms. The van der Waals surface area contributed by atoms with E-state index in [4.69, 9.17) is 4.42 Å². The van der Waals surface area contributed by atoms with Gasteiger partial charge in [0.1, 0.15) is 5.82 Å². The molecule has 0 amide bonds. The highest BCUT2D eigenvalue weighted by Crippen LogP contribution is 2.11. The van der Waals surface area contributed by atoms with Crippen molar-refractivity contribution < 1.29 is 9.21 Å². The van der Waals surface area contributed by atoms with E-state index < -0.39 is 0 Å². The number of ketones is 1. The SMILES string of the molecule is Cc1ccoc1C(=O)Cc1nccn1C. The van der Waals surface area contributed by atoms with E-state index in [2.05, 4.69) is 4.98 Å². The number of aryl methyl sites for hydroxylation is 2. The Balaban J connectivity index is 2.18. The van der Waals surface area contributed by atoms with Crippen molar-refractivity contribution in [1.29, 1.82) is 0 Å². The quantitative estimate of drug-likeness (QED) is 0.715. The van der Waals surface area contributed by atoms with Crippen LogP contribution in [-0.4, -0.2) is 15.3 Å². The maximum absolute atomic E-state index is 11.8. The van der Waals surface area contributed by atoms with Crippen LogP contribution < -0.4 is 0 Å². The van der Waals surface area contributed by atoms with Crippen molar-refractivity contribution in [3.8, 4) is 0 Å². The molecule has 0 aromatic carbocycles. The second-order valence-electron chi connectivity index (χ2n) is 3.49. The zero-order valence-electron chi connectivity index (χ0n) is 8.73. The van der Waals surface area contributed by atoms with Gasteiger partial charge in [-0.05, 0) is 18.6 Å². The van der Waals surface area contributed by atoms with Gasteiger partial charge in [-0.1, -0.05) is 0 Å². The molecule has 2 heterocycles. The molecule has 0 saturated heterocycles. The monoisotopic (exact) mass is 204 g/mol. The van der Waals surface area contributed by atoms with E-state index in [1.165, 1.54) is 6.26 Å². The van der Waals surface area contributed by atoms with Gasteiger partial charge in [0.25, 0.3) is 0 Å². The number of hydrogen-bond acceptors (Lipinski definition) is 3. The summed E-state index contributed by atoms with van der Waals surface area (Å²) in [4.78, 5) is 15.9. The Morgan fingerprint density at radius 2 is 2.40 bits per heavy atom. The Kier molecular flexibility index (Phi) is 2.41. The molecule has 0 atom stereocenters. The Morgan fingerprint density at radius 1 is 1.60 bits per heavy atom. The highest BCUT2D eigenvalue weighted by Gasteiger charge is 2.15. The third-order valence-corrected chi connectivity index (χ3v) is 2.35. The summed E-state index contributed by atoms with van der Waals surface area (Å²) in [5.41, 5.74) is 0.870. The summed E-state index contributed by atoms with van der Waals surface area (Å²) < 4.78 is 6.96. The first kappa shape index (κ1) is 9.71. The maximum atomic E-state index is 11.8. The van der Waals surface area contributed by atoms with Crippen molar-refractivity contribution >= 4 is 5.78 Å². The van der Waals surface area contributed by atoms with Crippen molar-refractivity contribution in [3.63, 3.8) is 0 Å². The fourth-order valence-electron chi connectivity index (χ4n) is 1.45. The minimum Gasteiger partial charge on any atom is -0.461 e. The highest BCUT2D eigenvalue weighted by molar-refractivity contribution is 5.95. The smallest absolute Gasteiger partial charge is 0.205 e. The van der Waals surface area contributed by atoms with Gasteiger partial charge >= 0.3 is 0 Å². The molecule has 0 fully saturated rings. The zero-order chi connectivity index (χ0) is 10.8. The van der Waals surface area contributed by atoms with Crippen molar-refractivity contribution in [2.75, 3.05) is 0 Å². The summed E-state index contributed by atoms with van der Waals surface area (Å²) in [7, 11) is 1.87. The summed E-state index contributed by atoms with van der Waals surface area (Å²) in [5, 5.41) is 0. The van der Waals surface area contributed by atoms with Crippen LogP contribution in [0.5, 0.6) is 0 Å². The highest BCUT2D eigenvalue weighted by atomic mass is 16.3. The Morgan fingerprint density at radius 3 is 2.93 bits per heavy atom. The molecule has 0 unspecified atom stereocenters. The lowest BCUT2D eigenvalue weighted by Gasteiger charge is -1.99. The molecule has 0 bridgehead atoms. The molecule has 2 aromatic rings. The van der Waals surface area contributed by atoms with Crippen LogP contribution >= 0.6 is 0 Å². The first-order chi connectivity index (χ1) is 7.18. The van der Waals surface area contributed by atoms with Gasteiger partial charge in [0, 0.05) is 19.4 Å². The van der Waals surface area contributed by atoms with Crippen molar-refractivity contribution in [2.45, 2.75) is 13.3 Å². The Bertz CT molecular complexity index is 482. The first-order valence-corrected chi connectivity index (χ1v) is 4.72. The van der Waals surface area contributed by atoms with Crippen LogP contribution in [-0.2, 0) is 13.5 Å². The van der Waals surface area contributed by atoms with E-state index in [-0.39, 0.29) is 12.2 Å². The number of carbonyl (C=O) groups is 1. The second-order valence-corrected chi connectivity index (χ2v) is 3.49. The van der Waals surface area contributed by atoms with Crippen LogP contribution in [0.4, 0.5) is 0 Å². The predicted octanol–water partition coefficient (Wildman–Crippen LogP) is 1.75. The Hall–Kier alpha value is -1.84. The minimum atomic E-state index is -0.0354. The summed E-state index contributed by atoms with van der Waals surface area (Å²) >= 11 is 0. The lowest BCUT2D eigenvalue weighted by molar-refractivity contribution is 0.0962. The van der Waals surface area contributed by atoms with E-state index in [0.29, 0.717) is 5.76 Å². The van der Waals surface area contributed by atoms with Crippen LogP contribution in [0, 0.1) is 6.92 Å². The number of carbonyl (C=O) groups excluding carboxylic acids is 1. The number of aromatic nitrogens is 2. The number of rotatable bonds is 3. The molecule has 0 radical (unpaired) electrons. The third-order valence-electron chi connectivity index (χ3n) is 2.35. The van der Waals surface area contributed by atoms with Crippen LogP contribution in [0.15, 0.2) is 29.1 Å². The standard InChI is InChI=1S/C11H12N2O2/c1-8-3-6-15-11(8)9(14)7-10-12-4-5-13(10)2/h3-6H,7H2,1-2H3. The predicted molar refractivity (Wildman–Crippen MR) is 54.7 cm³/mol. The first-order valence-electron chi connectivity index (χ1n) is 4.72. The van der Waals surface area contributed by atoms with Gasteiger partial charge in [-0.3, -0.25) is 4.79 Å². The van der Waals surface area contributed by atoms with Crippen LogP contribution in [0.2, 0.25) is 0 Å². The molecular formula is C11H12N2O2. The number of Topliss-reactive ketones (excluding diaryl/α,β-unsaturated/α-hetero) is 1. The fourth-order valence-corrected chi connectivity index (χ4v) is 1.45. The average molecular weight is 204 g/mol. The van der Waals surface area contributed by atoms with Gasteiger partial charge in [-0.15, -0.1) is 0 Å². The molecule has 0 N–H and O–H groups in total. The molecule has 2 aromatic heterocycles. The molecule has 15 heavy (non-hydrogen) atoms. The molecule has 2 rings (SSSR count). The van der Waals surface area contributed by atoms with E-state index in [1.807, 2.05) is 24.7 Å². The van der Waals surface area contributed by atoms with Gasteiger partial charge in [0.2, 0.25) is 5.78 Å². The van der Waals surface area contributed by atoms with Gasteiger partial charge in [-0.2, -0.15) is 0 Å². The molecule has 0 aliphatic rings. The summed E-state index contributed by atoms with van der Waals surface area (Å²) in [6.45, 7) is 1.86. The topological polar surface area (TPSA) is 48.0 Å². The third kappa shape index (κ3) is 1.83. The van der Waals surface area contributed by atoms with E-state index in [9.17, 15) is 4.79 Å². The fraction of sp³-hybridized carbons (Fsp3) is 0.273. The molecular weight excluding hydrogens is 192 g/mol. The number of nitrogens with zero attached hydrogens (tertiary/aromatic N) is 2. The van der Waals surface area contributed by atoms with Gasteiger partial charge in [0.15, 0.2) is 5.76 Å². The van der Waals surface area contributed by atoms with Crippen LogP contribution in [0.1, 0.15) is 21.9 Å². The largest absolute Gasteiger partial charge is 0.461 e. The van der Waals surface area contributed by atoms with E-state index in [1.54, 1.807) is 12.3 Å². The van der Waals surface area contributed by atoms with Crippen molar-refractivity contribution in [1.82, 2.24) is 9.55 Å². The molecule has 0 aliphatic heterocycles. The number of hydrogen-bond donors (Lipinski definition) is 0. The van der Waals surface area contributed by atoms with Crippen molar-refractivity contribution in [3.05, 3.63) is 41.9 Å². The number of imidazole rings is 1. The summed E-state index contributed by atoms with van der Waals surface area (Å²) in [5.74, 6) is 1.14. The number of furan rings is 1. The average Bonchev–Trinajstić information content (AvgIpc) is 2.76. The lowest BCUT2D eigenvalue weighted by Crippen LogP contribution is -2.08. The molecule has 0 saturated carbocycles. The molecule has 4 nitrogen and oxygen atoms in total. The molecule has 0 spiro atoms. The lowest BCUT2D eigenvalue weighted by atomic mass is 10.1. The molecule has 78 valence electrons. The van der Waals surface area contributed by atoms with Crippen molar-refractivity contribution in [2.24, 2.45) is 7.05 Å². The second kappa shape index (κ2) is 3.73. The molecule has 0 aliphatic carbocycles. The zero-order valence-corrected chi connectivity index (χ0v) is 8.73. The van der Waals surface area contributed by atoms with Gasteiger partial charge in [-0.25, -0.2) is 4.98 Å². The van der Waals surface area contributed by atoms with E-state index >= 15 is 0 Å². The van der Waals surface area contributed by atoms with Crippen LogP contribution in [0.25, 0.3) is 0 Å².